The lowest BCUT2D eigenvalue weighted by atomic mass is 10.1. The molecular formula is C22H23N3O2. The number of benzene rings is 2. The molecule has 138 valence electrons. The molecular weight excluding hydrogens is 338 g/mol. The number of ether oxygens (including phenoxy) is 1. The molecule has 27 heavy (non-hydrogen) atoms. The molecule has 0 bridgehead atoms. The molecule has 0 atom stereocenters. The summed E-state index contributed by atoms with van der Waals surface area (Å²) in [6.07, 6.45) is 1.68. The predicted octanol–water partition coefficient (Wildman–Crippen LogP) is 4.18. The number of hydrogen-bond acceptors (Lipinski definition) is 3. The fourth-order valence-electron chi connectivity index (χ4n) is 2.98. The summed E-state index contributed by atoms with van der Waals surface area (Å²) in [6.45, 7) is 6.05. The Kier molecular flexibility index (Phi) is 5.41. The maximum absolute atomic E-state index is 12.1. The molecule has 5 nitrogen and oxygen atoms in total. The molecule has 3 aromatic rings. The van der Waals surface area contributed by atoms with Gasteiger partial charge in [-0.3, -0.25) is 4.79 Å². The molecule has 1 heterocycles. The summed E-state index contributed by atoms with van der Waals surface area (Å²) in [6, 6.07) is 17.3. The Bertz CT molecular complexity index is 968. The predicted molar refractivity (Wildman–Crippen MR) is 108 cm³/mol. The molecule has 0 aliphatic carbocycles. The second-order valence-corrected chi connectivity index (χ2v) is 6.43. The molecule has 1 aromatic heterocycles. The minimum absolute atomic E-state index is 0.227. The number of aryl methyl sites for hydroxylation is 2. The second-order valence-electron chi connectivity index (χ2n) is 6.43. The first-order valence-electron chi connectivity index (χ1n) is 8.73. The van der Waals surface area contributed by atoms with Gasteiger partial charge in [-0.05, 0) is 63.2 Å². The second kappa shape index (κ2) is 7.91. The molecule has 0 fully saturated rings. The zero-order chi connectivity index (χ0) is 19.4. The molecule has 5 heteroatoms. The molecule has 3 rings (SSSR count). The first-order valence-corrected chi connectivity index (χ1v) is 8.73. The van der Waals surface area contributed by atoms with Gasteiger partial charge in [-0.25, -0.2) is 5.43 Å². The third-order valence-electron chi connectivity index (χ3n) is 4.48. The van der Waals surface area contributed by atoms with Crippen LogP contribution in [0, 0.1) is 20.8 Å². The van der Waals surface area contributed by atoms with E-state index in [4.69, 9.17) is 4.74 Å². The summed E-state index contributed by atoms with van der Waals surface area (Å²) in [5.41, 5.74) is 8.41. The van der Waals surface area contributed by atoms with Gasteiger partial charge < -0.3 is 9.30 Å². The Balaban J connectivity index is 1.76. The highest BCUT2D eigenvalue weighted by molar-refractivity contribution is 5.95. The Morgan fingerprint density at radius 3 is 2.33 bits per heavy atom. The Hall–Kier alpha value is -3.34. The van der Waals surface area contributed by atoms with E-state index in [-0.39, 0.29) is 5.91 Å². The number of carbonyl (C=O) groups is 1. The number of nitrogens with one attached hydrogen (secondary N) is 1. The highest BCUT2D eigenvalue weighted by Gasteiger charge is 2.10. The van der Waals surface area contributed by atoms with E-state index < -0.39 is 0 Å². The number of hydrogen-bond donors (Lipinski definition) is 1. The first kappa shape index (κ1) is 18.5. The highest BCUT2D eigenvalue weighted by atomic mass is 16.5. The zero-order valence-corrected chi connectivity index (χ0v) is 16.0. The average molecular weight is 361 g/mol. The number of methoxy groups -OCH3 is 1. The van der Waals surface area contributed by atoms with Crippen LogP contribution < -0.4 is 10.2 Å². The minimum atomic E-state index is -0.227. The van der Waals surface area contributed by atoms with E-state index in [2.05, 4.69) is 15.1 Å². The van der Waals surface area contributed by atoms with Crippen LogP contribution >= 0.6 is 0 Å². The monoisotopic (exact) mass is 361 g/mol. The van der Waals surface area contributed by atoms with Crippen molar-refractivity contribution in [3.8, 4) is 11.4 Å². The summed E-state index contributed by atoms with van der Waals surface area (Å²) in [5, 5.41) is 4.12. The van der Waals surface area contributed by atoms with Crippen molar-refractivity contribution in [1.29, 1.82) is 0 Å². The molecule has 0 unspecified atom stereocenters. The molecule has 1 amide bonds. The fraction of sp³-hybridized carbons (Fsp3) is 0.182. The lowest BCUT2D eigenvalue weighted by Gasteiger charge is -2.10. The first-order chi connectivity index (χ1) is 13.0. The summed E-state index contributed by atoms with van der Waals surface area (Å²) >= 11 is 0. The third-order valence-corrected chi connectivity index (χ3v) is 4.48. The van der Waals surface area contributed by atoms with Crippen molar-refractivity contribution < 1.29 is 9.53 Å². The number of carbonyl (C=O) groups excluding carboxylic acids is 1. The van der Waals surface area contributed by atoms with E-state index in [1.165, 1.54) is 0 Å². The van der Waals surface area contributed by atoms with Gasteiger partial charge in [0.2, 0.25) is 0 Å². The molecule has 0 aliphatic rings. The van der Waals surface area contributed by atoms with Gasteiger partial charge in [0.25, 0.3) is 5.91 Å². The van der Waals surface area contributed by atoms with E-state index in [0.717, 1.165) is 34.0 Å². The Labute approximate surface area is 159 Å². The topological polar surface area (TPSA) is 55.6 Å². The standard InChI is InChI=1S/C22H23N3O2/c1-15-5-7-18(8-6-15)22(26)24-23-14-19-13-16(2)25(17(19)3)20-9-11-21(27-4)12-10-20/h5-14H,1-4H3,(H,24,26)/b23-14+. The Morgan fingerprint density at radius 1 is 1.04 bits per heavy atom. The number of rotatable bonds is 5. The van der Waals surface area contributed by atoms with E-state index in [1.807, 2.05) is 63.2 Å². The molecule has 0 saturated carbocycles. The summed E-state index contributed by atoms with van der Waals surface area (Å²) < 4.78 is 7.36. The lowest BCUT2D eigenvalue weighted by molar-refractivity contribution is 0.0955. The number of nitrogens with zero attached hydrogens (tertiary/aromatic N) is 2. The molecule has 2 aromatic carbocycles. The summed E-state index contributed by atoms with van der Waals surface area (Å²) in [7, 11) is 1.65. The highest BCUT2D eigenvalue weighted by Crippen LogP contribution is 2.21. The van der Waals surface area contributed by atoms with Crippen LogP contribution in [-0.4, -0.2) is 23.8 Å². The number of hydrazone groups is 1. The molecule has 1 N–H and O–H groups in total. The van der Waals surface area contributed by atoms with Gasteiger partial charge in [-0.15, -0.1) is 0 Å². The van der Waals surface area contributed by atoms with Crippen molar-refractivity contribution in [3.05, 3.63) is 82.7 Å². The fourth-order valence-corrected chi connectivity index (χ4v) is 2.98. The van der Waals surface area contributed by atoms with Crippen molar-refractivity contribution >= 4 is 12.1 Å². The molecule has 0 aliphatic heterocycles. The van der Waals surface area contributed by atoms with Gasteiger partial charge in [0.1, 0.15) is 5.75 Å². The van der Waals surface area contributed by atoms with Crippen LogP contribution in [0.15, 0.2) is 59.7 Å². The van der Waals surface area contributed by atoms with E-state index in [1.54, 1.807) is 25.5 Å². The average Bonchev–Trinajstić information content (AvgIpc) is 2.96. The van der Waals surface area contributed by atoms with Crippen LogP contribution in [0.5, 0.6) is 5.75 Å². The van der Waals surface area contributed by atoms with Gasteiger partial charge in [-0.1, -0.05) is 17.7 Å². The van der Waals surface area contributed by atoms with Crippen LogP contribution in [0.2, 0.25) is 0 Å². The van der Waals surface area contributed by atoms with Gasteiger partial charge in [0.05, 0.1) is 13.3 Å². The summed E-state index contributed by atoms with van der Waals surface area (Å²) in [5.74, 6) is 0.594. The van der Waals surface area contributed by atoms with Crippen LogP contribution in [0.3, 0.4) is 0 Å². The largest absolute Gasteiger partial charge is 0.497 e. The third kappa shape index (κ3) is 4.08. The van der Waals surface area contributed by atoms with E-state index in [0.29, 0.717) is 5.56 Å². The zero-order valence-electron chi connectivity index (χ0n) is 16.0. The van der Waals surface area contributed by atoms with Gasteiger partial charge >= 0.3 is 0 Å². The van der Waals surface area contributed by atoms with Crippen molar-refractivity contribution in [2.45, 2.75) is 20.8 Å². The van der Waals surface area contributed by atoms with Crippen LogP contribution in [0.4, 0.5) is 0 Å². The summed E-state index contributed by atoms with van der Waals surface area (Å²) in [4.78, 5) is 12.1. The number of amides is 1. The number of aromatic nitrogens is 1. The van der Waals surface area contributed by atoms with Crippen molar-refractivity contribution in [2.24, 2.45) is 5.10 Å². The van der Waals surface area contributed by atoms with E-state index >= 15 is 0 Å². The van der Waals surface area contributed by atoms with Crippen molar-refractivity contribution in [1.82, 2.24) is 9.99 Å². The minimum Gasteiger partial charge on any atom is -0.497 e. The molecule has 0 spiro atoms. The van der Waals surface area contributed by atoms with Gasteiger partial charge in [-0.2, -0.15) is 5.10 Å². The van der Waals surface area contributed by atoms with Gasteiger partial charge in [0, 0.05) is 28.2 Å². The van der Waals surface area contributed by atoms with E-state index in [9.17, 15) is 4.79 Å². The van der Waals surface area contributed by atoms with Crippen molar-refractivity contribution in [2.75, 3.05) is 7.11 Å². The molecule has 0 saturated heterocycles. The maximum atomic E-state index is 12.1. The maximum Gasteiger partial charge on any atom is 0.271 e. The quantitative estimate of drug-likeness (QED) is 0.548. The van der Waals surface area contributed by atoms with Crippen LogP contribution in [0.1, 0.15) is 32.9 Å². The normalized spacial score (nSPS) is 11.0. The Morgan fingerprint density at radius 2 is 1.70 bits per heavy atom. The smallest absolute Gasteiger partial charge is 0.271 e. The molecule has 0 radical (unpaired) electrons. The van der Waals surface area contributed by atoms with Gasteiger partial charge in [0.15, 0.2) is 0 Å². The SMILES string of the molecule is COc1ccc(-n2c(C)cc(/C=N/NC(=O)c3ccc(C)cc3)c2C)cc1. The van der Waals surface area contributed by atoms with Crippen molar-refractivity contribution in [3.63, 3.8) is 0 Å². The lowest BCUT2D eigenvalue weighted by Crippen LogP contribution is -2.17. The van der Waals surface area contributed by atoms with Crippen LogP contribution in [-0.2, 0) is 0 Å². The van der Waals surface area contributed by atoms with Crippen LogP contribution in [0.25, 0.3) is 5.69 Å².